The Morgan fingerprint density at radius 3 is 2.91 bits per heavy atom. The summed E-state index contributed by atoms with van der Waals surface area (Å²) in [7, 11) is 0. The molecule has 0 radical (unpaired) electrons. The lowest BCUT2D eigenvalue weighted by molar-refractivity contribution is 1.14. The van der Waals surface area contributed by atoms with E-state index in [0.717, 1.165) is 22.2 Å². The Balaban J connectivity index is 2.95. The molecule has 0 bridgehead atoms. The first-order chi connectivity index (χ1) is 5.20. The molecular weight excluding hydrogens is 158 g/mol. The van der Waals surface area contributed by atoms with Gasteiger partial charge in [-0.2, -0.15) is 0 Å². The highest BCUT2D eigenvalue weighted by Gasteiger charge is 2.07. The zero-order valence-corrected chi connectivity index (χ0v) is 7.27. The van der Waals surface area contributed by atoms with E-state index in [2.05, 4.69) is 10.4 Å². The number of rotatable bonds is 0. The molecule has 0 fully saturated rings. The van der Waals surface area contributed by atoms with Crippen molar-refractivity contribution in [2.24, 2.45) is 0 Å². The van der Waals surface area contributed by atoms with Gasteiger partial charge in [-0.1, -0.05) is 0 Å². The van der Waals surface area contributed by atoms with Crippen molar-refractivity contribution in [2.75, 3.05) is 5.73 Å². The third-order valence-corrected chi connectivity index (χ3v) is 2.70. The molecule has 2 rings (SSSR count). The Bertz CT molecular complexity index is 399. The van der Waals surface area contributed by atoms with E-state index < -0.39 is 0 Å². The number of aryl methyl sites for hydroxylation is 2. The third-order valence-electron chi connectivity index (χ3n) is 1.75. The van der Waals surface area contributed by atoms with E-state index in [0.29, 0.717) is 0 Å². The maximum atomic E-state index is 5.79. The van der Waals surface area contributed by atoms with Crippen LogP contribution < -0.4 is 5.73 Å². The van der Waals surface area contributed by atoms with Gasteiger partial charge in [0.15, 0.2) is 4.96 Å². The number of thiazole rings is 1. The van der Waals surface area contributed by atoms with Crippen LogP contribution in [0.4, 0.5) is 5.82 Å². The number of aromatic nitrogens is 2. The summed E-state index contributed by atoms with van der Waals surface area (Å²) < 4.78 is 1.97. The molecule has 4 heteroatoms. The van der Waals surface area contributed by atoms with Crippen molar-refractivity contribution in [1.29, 1.82) is 0 Å². The fraction of sp³-hybridized carbons (Fsp3) is 0.286. The molecule has 0 aliphatic heterocycles. The molecule has 0 amide bonds. The minimum Gasteiger partial charge on any atom is -0.383 e. The molecule has 0 saturated heterocycles. The number of imidazole rings is 1. The average molecular weight is 167 g/mol. The zero-order valence-electron chi connectivity index (χ0n) is 6.46. The fourth-order valence-corrected chi connectivity index (χ4v) is 2.04. The lowest BCUT2D eigenvalue weighted by Crippen LogP contribution is -1.93. The molecular formula is C7H9N3S. The highest BCUT2D eigenvalue weighted by Crippen LogP contribution is 2.21. The Morgan fingerprint density at radius 1 is 1.55 bits per heavy atom. The molecule has 2 heterocycles. The van der Waals surface area contributed by atoms with Gasteiger partial charge in [0.25, 0.3) is 0 Å². The summed E-state index contributed by atoms with van der Waals surface area (Å²) in [5.41, 5.74) is 7.86. The highest BCUT2D eigenvalue weighted by atomic mass is 32.1. The van der Waals surface area contributed by atoms with E-state index in [9.17, 15) is 0 Å². The van der Waals surface area contributed by atoms with Crippen molar-refractivity contribution in [3.8, 4) is 0 Å². The van der Waals surface area contributed by atoms with Crippen molar-refractivity contribution in [3.63, 3.8) is 0 Å². The summed E-state index contributed by atoms with van der Waals surface area (Å²) in [6.07, 6.45) is 0. The van der Waals surface area contributed by atoms with E-state index in [1.54, 1.807) is 11.3 Å². The van der Waals surface area contributed by atoms with Gasteiger partial charge in [-0.25, -0.2) is 4.98 Å². The molecule has 3 nitrogen and oxygen atoms in total. The molecule has 2 N–H and O–H groups in total. The molecule has 11 heavy (non-hydrogen) atoms. The van der Waals surface area contributed by atoms with Gasteiger partial charge in [-0.05, 0) is 13.8 Å². The molecule has 2 aromatic heterocycles. The molecule has 0 aliphatic rings. The smallest absolute Gasteiger partial charge is 0.195 e. The molecule has 0 aliphatic carbocycles. The van der Waals surface area contributed by atoms with Gasteiger partial charge in [-0.3, -0.25) is 4.40 Å². The van der Waals surface area contributed by atoms with E-state index in [1.807, 2.05) is 18.2 Å². The van der Waals surface area contributed by atoms with Gasteiger partial charge in [0.2, 0.25) is 0 Å². The number of nitrogens with two attached hydrogens (primary N) is 1. The van der Waals surface area contributed by atoms with Crippen LogP contribution in [0, 0.1) is 13.8 Å². The molecule has 0 atom stereocenters. The number of nitrogens with zero attached hydrogens (tertiary/aromatic N) is 2. The largest absolute Gasteiger partial charge is 0.383 e. The number of hydrogen-bond acceptors (Lipinski definition) is 3. The van der Waals surface area contributed by atoms with Gasteiger partial charge in [0.05, 0.1) is 5.69 Å². The summed E-state index contributed by atoms with van der Waals surface area (Å²) in [5, 5.41) is 2.05. The van der Waals surface area contributed by atoms with Crippen molar-refractivity contribution in [2.45, 2.75) is 13.8 Å². The summed E-state index contributed by atoms with van der Waals surface area (Å²) in [6.45, 7) is 3.95. The van der Waals surface area contributed by atoms with Crippen LogP contribution in [0.1, 0.15) is 11.4 Å². The SMILES string of the molecule is Cc1nc2scc(C)n2c1N. The number of nitrogen functional groups attached to an aromatic ring is 1. The van der Waals surface area contributed by atoms with Crippen molar-refractivity contribution < 1.29 is 0 Å². The van der Waals surface area contributed by atoms with Gasteiger partial charge < -0.3 is 5.73 Å². The third kappa shape index (κ3) is 0.758. The van der Waals surface area contributed by atoms with Gasteiger partial charge in [0.1, 0.15) is 5.82 Å². The second-order valence-electron chi connectivity index (χ2n) is 2.58. The summed E-state index contributed by atoms with van der Waals surface area (Å²) >= 11 is 1.62. The van der Waals surface area contributed by atoms with Crippen LogP contribution in [-0.4, -0.2) is 9.38 Å². The van der Waals surface area contributed by atoms with E-state index >= 15 is 0 Å². The molecule has 0 unspecified atom stereocenters. The van der Waals surface area contributed by atoms with E-state index in [-0.39, 0.29) is 0 Å². The predicted octanol–water partition coefficient (Wildman–Crippen LogP) is 1.59. The van der Waals surface area contributed by atoms with Crippen LogP contribution in [0.2, 0.25) is 0 Å². The Labute approximate surface area is 68.5 Å². The van der Waals surface area contributed by atoms with Crippen LogP contribution in [0.25, 0.3) is 4.96 Å². The van der Waals surface area contributed by atoms with Crippen molar-refractivity contribution >= 4 is 22.1 Å². The summed E-state index contributed by atoms with van der Waals surface area (Å²) in [6, 6.07) is 0. The maximum Gasteiger partial charge on any atom is 0.195 e. The molecule has 2 aromatic rings. The first kappa shape index (κ1) is 6.67. The summed E-state index contributed by atoms with van der Waals surface area (Å²) in [4.78, 5) is 5.27. The van der Waals surface area contributed by atoms with Crippen LogP contribution in [0.15, 0.2) is 5.38 Å². The molecule has 0 saturated carbocycles. The minimum atomic E-state index is 0.763. The van der Waals surface area contributed by atoms with Crippen molar-refractivity contribution in [1.82, 2.24) is 9.38 Å². The van der Waals surface area contributed by atoms with Gasteiger partial charge in [-0.15, -0.1) is 11.3 Å². The van der Waals surface area contributed by atoms with Gasteiger partial charge in [0, 0.05) is 11.1 Å². The van der Waals surface area contributed by atoms with E-state index in [1.165, 1.54) is 0 Å². The van der Waals surface area contributed by atoms with E-state index in [4.69, 9.17) is 5.73 Å². The monoisotopic (exact) mass is 167 g/mol. The van der Waals surface area contributed by atoms with Crippen molar-refractivity contribution in [3.05, 3.63) is 16.8 Å². The maximum absolute atomic E-state index is 5.79. The minimum absolute atomic E-state index is 0.763. The topological polar surface area (TPSA) is 43.3 Å². The standard InChI is InChI=1S/C7H9N3S/c1-4-3-11-7-9-5(2)6(8)10(4)7/h3H,8H2,1-2H3. The second-order valence-corrected chi connectivity index (χ2v) is 3.41. The van der Waals surface area contributed by atoms with Gasteiger partial charge >= 0.3 is 0 Å². The number of hydrogen-bond donors (Lipinski definition) is 1. The highest BCUT2D eigenvalue weighted by molar-refractivity contribution is 7.15. The molecule has 58 valence electrons. The molecule has 0 aromatic carbocycles. The number of anilines is 1. The van der Waals surface area contributed by atoms with Crippen LogP contribution >= 0.6 is 11.3 Å². The average Bonchev–Trinajstić information content (AvgIpc) is 2.41. The predicted molar refractivity (Wildman–Crippen MR) is 47.0 cm³/mol. The van der Waals surface area contributed by atoms with Crippen LogP contribution in [0.3, 0.4) is 0 Å². The lowest BCUT2D eigenvalue weighted by Gasteiger charge is -1.92. The Hall–Kier alpha value is -1.03. The summed E-state index contributed by atoms with van der Waals surface area (Å²) in [5.74, 6) is 0.763. The van der Waals surface area contributed by atoms with Crippen LogP contribution in [0.5, 0.6) is 0 Å². The molecule has 0 spiro atoms. The van der Waals surface area contributed by atoms with Crippen LogP contribution in [-0.2, 0) is 0 Å². The zero-order chi connectivity index (χ0) is 8.01. The quantitative estimate of drug-likeness (QED) is 0.647. The first-order valence-electron chi connectivity index (χ1n) is 3.39. The number of fused-ring (bicyclic) bond motifs is 1. The Kier molecular flexibility index (Phi) is 1.20. The Morgan fingerprint density at radius 2 is 2.27 bits per heavy atom. The lowest BCUT2D eigenvalue weighted by atomic mass is 10.5. The normalized spacial score (nSPS) is 11.1. The fourth-order valence-electron chi connectivity index (χ4n) is 1.13. The first-order valence-corrected chi connectivity index (χ1v) is 4.26. The second kappa shape index (κ2) is 1.98.